The third-order valence-corrected chi connectivity index (χ3v) is 4.02. The molecule has 1 aliphatic rings. The zero-order valence-electron chi connectivity index (χ0n) is 8.84. The zero-order valence-corrected chi connectivity index (χ0v) is 10.3. The van der Waals surface area contributed by atoms with Crippen LogP contribution in [0.3, 0.4) is 0 Å². The Morgan fingerprint density at radius 2 is 2.06 bits per heavy atom. The van der Waals surface area contributed by atoms with E-state index in [0.29, 0.717) is 22.0 Å². The van der Waals surface area contributed by atoms with E-state index in [0.717, 1.165) is 6.42 Å². The maximum absolute atomic E-state index is 11.4. The number of benzene rings is 1. The number of rotatable bonds is 3. The molecule has 86 valence electrons. The van der Waals surface area contributed by atoms with Gasteiger partial charge in [0.15, 0.2) is 0 Å². The highest BCUT2D eigenvalue weighted by Gasteiger charge is 2.62. The van der Waals surface area contributed by atoms with Gasteiger partial charge in [0.1, 0.15) is 0 Å². The summed E-state index contributed by atoms with van der Waals surface area (Å²) in [4.78, 5) is 11.4. The van der Waals surface area contributed by atoms with Crippen LogP contribution in [0.25, 0.3) is 0 Å². The van der Waals surface area contributed by atoms with Crippen molar-refractivity contribution < 1.29 is 9.90 Å². The molecule has 0 spiro atoms. The Balaban J connectivity index is 2.55. The van der Waals surface area contributed by atoms with E-state index >= 15 is 0 Å². The molecule has 0 saturated heterocycles. The summed E-state index contributed by atoms with van der Waals surface area (Å²) in [7, 11) is 0. The molecule has 1 aliphatic carbocycles. The molecule has 2 atom stereocenters. The molecule has 16 heavy (non-hydrogen) atoms. The molecule has 2 unspecified atom stereocenters. The van der Waals surface area contributed by atoms with Crippen molar-refractivity contribution in [3.05, 3.63) is 33.8 Å². The Morgan fingerprint density at radius 3 is 2.44 bits per heavy atom. The van der Waals surface area contributed by atoms with Crippen LogP contribution < -0.4 is 0 Å². The van der Waals surface area contributed by atoms with Crippen LogP contribution in [0, 0.1) is 5.92 Å². The summed E-state index contributed by atoms with van der Waals surface area (Å²) in [5.74, 6) is -0.684. The van der Waals surface area contributed by atoms with Crippen LogP contribution in [0.15, 0.2) is 18.2 Å². The molecule has 1 aromatic rings. The summed E-state index contributed by atoms with van der Waals surface area (Å²) >= 11 is 12.1. The van der Waals surface area contributed by atoms with E-state index in [1.807, 2.05) is 6.92 Å². The minimum absolute atomic E-state index is 0.141. The quantitative estimate of drug-likeness (QED) is 0.897. The molecule has 1 aromatic carbocycles. The Labute approximate surface area is 104 Å². The highest BCUT2D eigenvalue weighted by Crippen LogP contribution is 2.59. The third-order valence-electron chi connectivity index (χ3n) is 3.39. The first-order valence-electron chi connectivity index (χ1n) is 5.22. The van der Waals surface area contributed by atoms with E-state index in [9.17, 15) is 9.90 Å². The van der Waals surface area contributed by atoms with Crippen LogP contribution in [0.2, 0.25) is 10.0 Å². The van der Waals surface area contributed by atoms with Crippen molar-refractivity contribution in [2.45, 2.75) is 25.2 Å². The number of hydrogen-bond acceptors (Lipinski definition) is 1. The van der Waals surface area contributed by atoms with E-state index in [4.69, 9.17) is 23.2 Å². The fourth-order valence-electron chi connectivity index (χ4n) is 2.42. The molecule has 0 bridgehead atoms. The van der Waals surface area contributed by atoms with Gasteiger partial charge in [-0.15, -0.1) is 0 Å². The number of carboxylic acid groups (broad SMARTS) is 1. The number of aliphatic carboxylic acids is 1. The second-order valence-corrected chi connectivity index (χ2v) is 5.00. The standard InChI is InChI=1S/C12H12Cl2O2/c1-2-7-6-12(7,11(15)16)10-8(13)4-3-5-9(10)14/h3-5,7H,2,6H2,1H3,(H,15,16). The predicted molar refractivity (Wildman–Crippen MR) is 64.2 cm³/mol. The molecule has 1 saturated carbocycles. The highest BCUT2D eigenvalue weighted by atomic mass is 35.5. The average molecular weight is 259 g/mol. The first-order valence-corrected chi connectivity index (χ1v) is 5.97. The van der Waals surface area contributed by atoms with Crippen LogP contribution in [0.5, 0.6) is 0 Å². The first-order chi connectivity index (χ1) is 7.54. The highest BCUT2D eigenvalue weighted by molar-refractivity contribution is 6.36. The maximum Gasteiger partial charge on any atom is 0.314 e. The number of carboxylic acids is 1. The normalized spacial score (nSPS) is 27.8. The van der Waals surface area contributed by atoms with Gasteiger partial charge in [0.25, 0.3) is 0 Å². The van der Waals surface area contributed by atoms with Gasteiger partial charge in [-0.2, -0.15) is 0 Å². The van der Waals surface area contributed by atoms with Crippen LogP contribution in [-0.2, 0) is 10.2 Å². The van der Waals surface area contributed by atoms with Gasteiger partial charge in [-0.1, -0.05) is 42.6 Å². The van der Waals surface area contributed by atoms with Crippen molar-refractivity contribution in [1.29, 1.82) is 0 Å². The molecule has 0 amide bonds. The SMILES string of the molecule is CCC1CC1(C(=O)O)c1c(Cl)cccc1Cl. The number of hydrogen-bond donors (Lipinski definition) is 1. The van der Waals surface area contributed by atoms with Gasteiger partial charge in [-0.3, -0.25) is 4.79 Å². The molecular formula is C12H12Cl2O2. The van der Waals surface area contributed by atoms with Gasteiger partial charge in [-0.25, -0.2) is 0 Å². The lowest BCUT2D eigenvalue weighted by atomic mass is 9.92. The first kappa shape index (κ1) is 11.7. The summed E-state index contributed by atoms with van der Waals surface area (Å²) < 4.78 is 0. The minimum Gasteiger partial charge on any atom is -0.481 e. The Hall–Kier alpha value is -0.730. The average Bonchev–Trinajstić information content (AvgIpc) is 2.93. The second kappa shape index (κ2) is 3.94. The van der Waals surface area contributed by atoms with Crippen molar-refractivity contribution in [2.75, 3.05) is 0 Å². The Kier molecular flexibility index (Phi) is 2.89. The molecule has 0 radical (unpaired) electrons. The van der Waals surface area contributed by atoms with E-state index in [2.05, 4.69) is 0 Å². The lowest BCUT2D eigenvalue weighted by Crippen LogP contribution is -2.23. The molecule has 0 aromatic heterocycles. The van der Waals surface area contributed by atoms with E-state index < -0.39 is 11.4 Å². The van der Waals surface area contributed by atoms with Crippen molar-refractivity contribution in [3.8, 4) is 0 Å². The largest absolute Gasteiger partial charge is 0.481 e. The third kappa shape index (κ3) is 1.52. The maximum atomic E-state index is 11.4. The Bertz CT molecular complexity index is 424. The fourth-order valence-corrected chi connectivity index (χ4v) is 3.16. The van der Waals surface area contributed by atoms with Crippen molar-refractivity contribution in [3.63, 3.8) is 0 Å². The van der Waals surface area contributed by atoms with Crippen LogP contribution in [0.4, 0.5) is 0 Å². The summed E-state index contributed by atoms with van der Waals surface area (Å²) in [6.07, 6.45) is 1.45. The van der Waals surface area contributed by atoms with Crippen molar-refractivity contribution >= 4 is 29.2 Å². The van der Waals surface area contributed by atoms with Gasteiger partial charge in [-0.05, 0) is 24.5 Å². The smallest absolute Gasteiger partial charge is 0.314 e. The second-order valence-electron chi connectivity index (χ2n) is 4.18. The van der Waals surface area contributed by atoms with Crippen molar-refractivity contribution in [2.24, 2.45) is 5.92 Å². The lowest BCUT2D eigenvalue weighted by Gasteiger charge is -2.16. The fraction of sp³-hybridized carbons (Fsp3) is 0.417. The van der Waals surface area contributed by atoms with Crippen LogP contribution in [0.1, 0.15) is 25.3 Å². The van der Waals surface area contributed by atoms with E-state index in [1.54, 1.807) is 18.2 Å². The summed E-state index contributed by atoms with van der Waals surface area (Å²) in [6, 6.07) is 5.12. The molecule has 1 fully saturated rings. The molecule has 2 nitrogen and oxygen atoms in total. The van der Waals surface area contributed by atoms with Crippen LogP contribution in [-0.4, -0.2) is 11.1 Å². The monoisotopic (exact) mass is 258 g/mol. The van der Waals surface area contributed by atoms with E-state index in [-0.39, 0.29) is 5.92 Å². The lowest BCUT2D eigenvalue weighted by molar-refractivity contribution is -0.140. The zero-order chi connectivity index (χ0) is 11.9. The Morgan fingerprint density at radius 1 is 1.50 bits per heavy atom. The topological polar surface area (TPSA) is 37.3 Å². The van der Waals surface area contributed by atoms with Gasteiger partial charge in [0, 0.05) is 15.6 Å². The van der Waals surface area contributed by atoms with Gasteiger partial charge >= 0.3 is 5.97 Å². The van der Waals surface area contributed by atoms with Gasteiger partial charge < -0.3 is 5.11 Å². The van der Waals surface area contributed by atoms with Gasteiger partial charge in [0.2, 0.25) is 0 Å². The molecule has 1 N–H and O–H groups in total. The molecular weight excluding hydrogens is 247 g/mol. The van der Waals surface area contributed by atoms with Crippen LogP contribution >= 0.6 is 23.2 Å². The molecule has 4 heteroatoms. The summed E-state index contributed by atoms with van der Waals surface area (Å²) in [5, 5.41) is 10.3. The molecule has 0 aliphatic heterocycles. The predicted octanol–water partition coefficient (Wildman–Crippen LogP) is 3.75. The number of halogens is 2. The molecule has 2 rings (SSSR count). The van der Waals surface area contributed by atoms with E-state index in [1.165, 1.54) is 0 Å². The summed E-state index contributed by atoms with van der Waals surface area (Å²) in [5.41, 5.74) is -0.276. The minimum atomic E-state index is -0.857. The summed E-state index contributed by atoms with van der Waals surface area (Å²) in [6.45, 7) is 1.99. The molecule has 0 heterocycles. The number of carbonyl (C=O) groups is 1. The van der Waals surface area contributed by atoms with Crippen molar-refractivity contribution in [1.82, 2.24) is 0 Å². The van der Waals surface area contributed by atoms with Gasteiger partial charge in [0.05, 0.1) is 5.41 Å².